The van der Waals surface area contributed by atoms with Gasteiger partial charge in [-0.1, -0.05) is 36.4 Å². The number of aryl methyl sites for hydroxylation is 1. The molecular formula is C20H20F3NO4. The Kier molecular flexibility index (Phi) is 7.57. The maximum atomic E-state index is 12.1. The summed E-state index contributed by atoms with van der Waals surface area (Å²) in [6, 6.07) is 13.1. The van der Waals surface area contributed by atoms with Crippen LogP contribution in [0.4, 0.5) is 13.2 Å². The van der Waals surface area contributed by atoms with Crippen LogP contribution in [0.2, 0.25) is 0 Å². The molecule has 150 valence electrons. The van der Waals surface area contributed by atoms with Gasteiger partial charge in [-0.2, -0.15) is 13.2 Å². The lowest BCUT2D eigenvalue weighted by Crippen LogP contribution is -2.23. The number of carboxylic acid groups (broad SMARTS) is 1. The summed E-state index contributed by atoms with van der Waals surface area (Å²) in [4.78, 5) is 22.8. The number of carbonyl (C=O) groups excluding carboxylic acids is 1. The van der Waals surface area contributed by atoms with E-state index in [-0.39, 0.29) is 31.0 Å². The second kappa shape index (κ2) is 9.89. The van der Waals surface area contributed by atoms with Crippen molar-refractivity contribution in [3.8, 4) is 0 Å². The molecule has 0 atom stereocenters. The van der Waals surface area contributed by atoms with Crippen molar-refractivity contribution in [1.29, 1.82) is 0 Å². The molecule has 0 heterocycles. The van der Waals surface area contributed by atoms with Crippen LogP contribution in [-0.2, 0) is 29.1 Å². The number of hydrogen-bond acceptors (Lipinski definition) is 3. The van der Waals surface area contributed by atoms with Crippen molar-refractivity contribution in [3.05, 3.63) is 70.8 Å². The topological polar surface area (TPSA) is 75.6 Å². The van der Waals surface area contributed by atoms with Crippen molar-refractivity contribution in [2.45, 2.75) is 32.2 Å². The summed E-state index contributed by atoms with van der Waals surface area (Å²) in [7, 11) is 0. The van der Waals surface area contributed by atoms with E-state index in [1.54, 1.807) is 36.4 Å². The lowest BCUT2D eigenvalue weighted by atomic mass is 10.1. The summed E-state index contributed by atoms with van der Waals surface area (Å²) < 4.78 is 40.9. The van der Waals surface area contributed by atoms with Crippen LogP contribution in [0.25, 0.3) is 0 Å². The molecule has 2 N–H and O–H groups in total. The maximum Gasteiger partial charge on any atom is 0.411 e. The molecular weight excluding hydrogens is 375 g/mol. The van der Waals surface area contributed by atoms with E-state index in [0.717, 1.165) is 11.1 Å². The molecule has 0 saturated heterocycles. The van der Waals surface area contributed by atoms with Gasteiger partial charge in [0.1, 0.15) is 6.61 Å². The molecule has 0 fully saturated rings. The Hall–Kier alpha value is -2.87. The maximum absolute atomic E-state index is 12.1. The van der Waals surface area contributed by atoms with Gasteiger partial charge >= 0.3 is 12.1 Å². The Morgan fingerprint density at radius 2 is 1.68 bits per heavy atom. The molecule has 0 aromatic heterocycles. The highest BCUT2D eigenvalue weighted by atomic mass is 19.4. The number of alkyl halides is 3. The van der Waals surface area contributed by atoms with Crippen LogP contribution in [0.1, 0.15) is 33.5 Å². The van der Waals surface area contributed by atoms with Crippen LogP contribution < -0.4 is 5.32 Å². The standard InChI is InChI=1S/C20H20F3NO4/c21-20(22,23)13-28-12-16-3-1-2-15(10-16)11-24-18(25)9-6-14-4-7-17(8-5-14)19(26)27/h1-5,7-8,10H,6,9,11-13H2,(H,24,25)(H,26,27). The summed E-state index contributed by atoms with van der Waals surface area (Å²) >= 11 is 0. The molecule has 1 amide bonds. The highest BCUT2D eigenvalue weighted by Crippen LogP contribution is 2.16. The molecule has 0 spiro atoms. The summed E-state index contributed by atoms with van der Waals surface area (Å²) in [5.41, 5.74) is 2.39. The lowest BCUT2D eigenvalue weighted by Gasteiger charge is -2.10. The predicted octanol–water partition coefficient (Wildman–Crippen LogP) is 3.71. The number of nitrogens with one attached hydrogen (secondary N) is 1. The zero-order valence-electron chi connectivity index (χ0n) is 15.0. The molecule has 0 radical (unpaired) electrons. The van der Waals surface area contributed by atoms with Gasteiger partial charge in [-0.3, -0.25) is 4.79 Å². The Labute approximate surface area is 160 Å². The number of ether oxygens (including phenoxy) is 1. The van der Waals surface area contributed by atoms with E-state index in [4.69, 9.17) is 5.11 Å². The molecule has 5 nitrogen and oxygen atoms in total. The van der Waals surface area contributed by atoms with E-state index < -0.39 is 18.8 Å². The minimum absolute atomic E-state index is 0.159. The average Bonchev–Trinajstić information content (AvgIpc) is 2.64. The van der Waals surface area contributed by atoms with Gasteiger partial charge in [0.25, 0.3) is 0 Å². The van der Waals surface area contributed by atoms with E-state index in [0.29, 0.717) is 12.0 Å². The van der Waals surface area contributed by atoms with Crippen LogP contribution in [0, 0.1) is 0 Å². The fourth-order valence-corrected chi connectivity index (χ4v) is 2.47. The highest BCUT2D eigenvalue weighted by Gasteiger charge is 2.27. The first kappa shape index (κ1) is 21.4. The van der Waals surface area contributed by atoms with E-state index in [1.807, 2.05) is 0 Å². The zero-order chi connectivity index (χ0) is 20.6. The number of aromatic carboxylic acids is 1. The molecule has 0 aliphatic carbocycles. The fraction of sp³-hybridized carbons (Fsp3) is 0.300. The minimum Gasteiger partial charge on any atom is -0.478 e. The van der Waals surface area contributed by atoms with Crippen LogP contribution >= 0.6 is 0 Å². The predicted molar refractivity (Wildman–Crippen MR) is 95.7 cm³/mol. The number of halogens is 3. The largest absolute Gasteiger partial charge is 0.478 e. The fourth-order valence-electron chi connectivity index (χ4n) is 2.47. The first-order chi connectivity index (χ1) is 13.2. The van der Waals surface area contributed by atoms with Crippen molar-refractivity contribution in [3.63, 3.8) is 0 Å². The van der Waals surface area contributed by atoms with Gasteiger partial charge in [0, 0.05) is 13.0 Å². The lowest BCUT2D eigenvalue weighted by molar-refractivity contribution is -0.176. The van der Waals surface area contributed by atoms with Crippen molar-refractivity contribution < 1.29 is 32.6 Å². The molecule has 8 heteroatoms. The molecule has 0 saturated carbocycles. The van der Waals surface area contributed by atoms with Gasteiger partial charge in [-0.05, 0) is 35.2 Å². The summed E-state index contributed by atoms with van der Waals surface area (Å²) in [6.45, 7) is -1.21. The number of carbonyl (C=O) groups is 2. The molecule has 0 aliphatic heterocycles. The second-order valence-corrected chi connectivity index (χ2v) is 6.21. The Morgan fingerprint density at radius 3 is 2.32 bits per heavy atom. The molecule has 28 heavy (non-hydrogen) atoms. The van der Waals surface area contributed by atoms with Gasteiger partial charge in [-0.25, -0.2) is 4.79 Å². The average molecular weight is 395 g/mol. The Bertz CT molecular complexity index is 804. The smallest absolute Gasteiger partial charge is 0.411 e. The molecule has 0 unspecified atom stereocenters. The monoisotopic (exact) mass is 395 g/mol. The van der Waals surface area contributed by atoms with Crippen molar-refractivity contribution >= 4 is 11.9 Å². The SMILES string of the molecule is O=C(CCc1ccc(C(=O)O)cc1)NCc1cccc(COCC(F)(F)F)c1. The van der Waals surface area contributed by atoms with Crippen molar-refractivity contribution in [1.82, 2.24) is 5.32 Å². The number of amides is 1. The summed E-state index contributed by atoms with van der Waals surface area (Å²) in [5, 5.41) is 11.6. The third kappa shape index (κ3) is 7.79. The van der Waals surface area contributed by atoms with Crippen LogP contribution in [0.3, 0.4) is 0 Å². The molecule has 2 aromatic carbocycles. The highest BCUT2D eigenvalue weighted by molar-refractivity contribution is 5.87. The van der Waals surface area contributed by atoms with E-state index in [9.17, 15) is 22.8 Å². The van der Waals surface area contributed by atoms with Gasteiger partial charge in [0.2, 0.25) is 5.91 Å². The normalized spacial score (nSPS) is 11.2. The summed E-state index contributed by atoms with van der Waals surface area (Å²) in [6.07, 6.45) is -3.66. The molecule has 2 aromatic rings. The first-order valence-corrected chi connectivity index (χ1v) is 8.54. The number of rotatable bonds is 9. The minimum atomic E-state index is -4.36. The van der Waals surface area contributed by atoms with Crippen molar-refractivity contribution in [2.24, 2.45) is 0 Å². The Balaban J connectivity index is 1.76. The van der Waals surface area contributed by atoms with Crippen molar-refractivity contribution in [2.75, 3.05) is 6.61 Å². The number of benzene rings is 2. The summed E-state index contributed by atoms with van der Waals surface area (Å²) in [5.74, 6) is -1.18. The second-order valence-electron chi connectivity index (χ2n) is 6.21. The molecule has 2 rings (SSSR count). The third-order valence-electron chi connectivity index (χ3n) is 3.86. The Morgan fingerprint density at radius 1 is 1.00 bits per heavy atom. The number of hydrogen-bond donors (Lipinski definition) is 2. The van der Waals surface area contributed by atoms with Gasteiger partial charge in [0.15, 0.2) is 0 Å². The molecule has 0 bridgehead atoms. The third-order valence-corrected chi connectivity index (χ3v) is 3.86. The van der Waals surface area contributed by atoms with Gasteiger partial charge in [-0.15, -0.1) is 0 Å². The van der Waals surface area contributed by atoms with Crippen LogP contribution in [0.15, 0.2) is 48.5 Å². The quantitative estimate of drug-likeness (QED) is 0.679. The number of carboxylic acids is 1. The first-order valence-electron chi connectivity index (χ1n) is 8.54. The van der Waals surface area contributed by atoms with Crippen LogP contribution in [-0.4, -0.2) is 29.8 Å². The van der Waals surface area contributed by atoms with E-state index in [2.05, 4.69) is 10.1 Å². The van der Waals surface area contributed by atoms with Gasteiger partial charge in [0.05, 0.1) is 12.2 Å². The zero-order valence-corrected chi connectivity index (χ0v) is 15.0. The van der Waals surface area contributed by atoms with Crippen LogP contribution in [0.5, 0.6) is 0 Å². The van der Waals surface area contributed by atoms with Gasteiger partial charge < -0.3 is 15.2 Å². The molecule has 0 aliphatic rings. The van der Waals surface area contributed by atoms with E-state index in [1.165, 1.54) is 12.1 Å². The van der Waals surface area contributed by atoms with E-state index >= 15 is 0 Å².